The highest BCUT2D eigenvalue weighted by atomic mass is 19.1. The lowest BCUT2D eigenvalue weighted by Gasteiger charge is -2.12. The lowest BCUT2D eigenvalue weighted by atomic mass is 10.0. The molecule has 2 nitrogen and oxygen atoms in total. The number of hydrogen-bond acceptors (Lipinski definition) is 2. The Morgan fingerprint density at radius 2 is 2.00 bits per heavy atom. The molecule has 0 amide bonds. The maximum absolute atomic E-state index is 12.7. The van der Waals surface area contributed by atoms with E-state index in [1.165, 1.54) is 12.1 Å². The summed E-state index contributed by atoms with van der Waals surface area (Å²) in [5.41, 5.74) is 1.15. The van der Waals surface area contributed by atoms with Gasteiger partial charge in [-0.2, -0.15) is 0 Å². The van der Waals surface area contributed by atoms with Crippen LogP contribution in [0.2, 0.25) is 0 Å². The number of nitrogens with one attached hydrogen (secondary N) is 1. The van der Waals surface area contributed by atoms with Gasteiger partial charge < -0.3 is 10.1 Å². The first-order valence-corrected chi connectivity index (χ1v) is 5.19. The normalized spacial score (nSPS) is 12.7. The second-order valence-corrected chi connectivity index (χ2v) is 3.65. The third-order valence-electron chi connectivity index (χ3n) is 2.37. The summed E-state index contributed by atoms with van der Waals surface area (Å²) < 4.78 is 17.6. The minimum Gasteiger partial charge on any atom is -0.383 e. The van der Waals surface area contributed by atoms with Crippen LogP contribution >= 0.6 is 0 Å². The molecular weight excluding hydrogens is 193 g/mol. The summed E-state index contributed by atoms with van der Waals surface area (Å²) in [6.07, 6.45) is 0. The molecule has 1 atom stereocenters. The largest absolute Gasteiger partial charge is 0.383 e. The van der Waals surface area contributed by atoms with Crippen LogP contribution in [-0.4, -0.2) is 26.8 Å². The van der Waals surface area contributed by atoms with Crippen LogP contribution in [0.5, 0.6) is 0 Å². The summed E-state index contributed by atoms with van der Waals surface area (Å²) in [6.45, 7) is 4.57. The minimum absolute atomic E-state index is 0.182. The van der Waals surface area contributed by atoms with E-state index in [0.29, 0.717) is 5.92 Å². The topological polar surface area (TPSA) is 21.3 Å². The summed E-state index contributed by atoms with van der Waals surface area (Å²) in [4.78, 5) is 0. The standard InChI is InChI=1S/C12H18FNO/c1-10(9-14-7-8-15-2)11-3-5-12(13)6-4-11/h3-6,10,14H,7-9H2,1-2H3. The Morgan fingerprint density at radius 1 is 1.33 bits per heavy atom. The van der Waals surface area contributed by atoms with Crippen molar-refractivity contribution in [2.45, 2.75) is 12.8 Å². The summed E-state index contributed by atoms with van der Waals surface area (Å²) in [5.74, 6) is 0.209. The summed E-state index contributed by atoms with van der Waals surface area (Å²) in [6, 6.07) is 6.66. The monoisotopic (exact) mass is 211 g/mol. The minimum atomic E-state index is -0.182. The molecule has 1 rings (SSSR count). The Labute approximate surface area is 90.4 Å². The first kappa shape index (κ1) is 12.1. The van der Waals surface area contributed by atoms with E-state index in [1.807, 2.05) is 12.1 Å². The molecular formula is C12H18FNO. The molecule has 0 heterocycles. The molecule has 0 saturated heterocycles. The van der Waals surface area contributed by atoms with Crippen LogP contribution in [0.25, 0.3) is 0 Å². The summed E-state index contributed by atoms with van der Waals surface area (Å²) in [5, 5.41) is 3.28. The van der Waals surface area contributed by atoms with Gasteiger partial charge in [-0.15, -0.1) is 0 Å². The third-order valence-corrected chi connectivity index (χ3v) is 2.37. The molecule has 1 N–H and O–H groups in total. The van der Waals surface area contributed by atoms with E-state index < -0.39 is 0 Å². The summed E-state index contributed by atoms with van der Waals surface area (Å²) in [7, 11) is 1.69. The molecule has 1 aromatic carbocycles. The van der Waals surface area contributed by atoms with Gasteiger partial charge in [0.2, 0.25) is 0 Å². The number of methoxy groups -OCH3 is 1. The van der Waals surface area contributed by atoms with Crippen molar-refractivity contribution in [3.63, 3.8) is 0 Å². The number of ether oxygens (including phenoxy) is 1. The smallest absolute Gasteiger partial charge is 0.123 e. The molecule has 0 aromatic heterocycles. The SMILES string of the molecule is COCCNCC(C)c1ccc(F)cc1. The van der Waals surface area contributed by atoms with Gasteiger partial charge in [-0.05, 0) is 23.6 Å². The molecule has 0 spiro atoms. The van der Waals surface area contributed by atoms with Gasteiger partial charge in [0, 0.05) is 20.2 Å². The van der Waals surface area contributed by atoms with E-state index in [2.05, 4.69) is 12.2 Å². The zero-order valence-electron chi connectivity index (χ0n) is 9.29. The highest BCUT2D eigenvalue weighted by Crippen LogP contribution is 2.14. The van der Waals surface area contributed by atoms with Crippen molar-refractivity contribution in [3.05, 3.63) is 35.6 Å². The van der Waals surface area contributed by atoms with Gasteiger partial charge in [-0.3, -0.25) is 0 Å². The Morgan fingerprint density at radius 3 is 2.60 bits per heavy atom. The molecule has 3 heteroatoms. The van der Waals surface area contributed by atoms with Gasteiger partial charge >= 0.3 is 0 Å². The van der Waals surface area contributed by atoms with Gasteiger partial charge in [0.1, 0.15) is 5.82 Å². The van der Waals surface area contributed by atoms with Crippen LogP contribution in [0.15, 0.2) is 24.3 Å². The fourth-order valence-corrected chi connectivity index (χ4v) is 1.40. The number of rotatable bonds is 6. The van der Waals surface area contributed by atoms with Gasteiger partial charge in [0.25, 0.3) is 0 Å². The molecule has 84 valence electrons. The highest BCUT2D eigenvalue weighted by molar-refractivity contribution is 5.20. The van der Waals surface area contributed by atoms with E-state index >= 15 is 0 Å². The Balaban J connectivity index is 2.33. The second kappa shape index (κ2) is 6.53. The van der Waals surface area contributed by atoms with E-state index in [1.54, 1.807) is 7.11 Å². The molecule has 0 aliphatic carbocycles. The Bertz CT molecular complexity index is 273. The molecule has 0 aliphatic heterocycles. The van der Waals surface area contributed by atoms with Crippen molar-refractivity contribution in [3.8, 4) is 0 Å². The van der Waals surface area contributed by atoms with Gasteiger partial charge in [-0.1, -0.05) is 19.1 Å². The molecule has 1 aromatic rings. The predicted octanol–water partition coefficient (Wildman–Crippen LogP) is 2.17. The van der Waals surface area contributed by atoms with E-state index in [-0.39, 0.29) is 5.82 Å². The highest BCUT2D eigenvalue weighted by Gasteiger charge is 2.04. The zero-order chi connectivity index (χ0) is 11.1. The van der Waals surface area contributed by atoms with Crippen LogP contribution in [-0.2, 0) is 4.74 Å². The quantitative estimate of drug-likeness (QED) is 0.728. The number of hydrogen-bond donors (Lipinski definition) is 1. The van der Waals surface area contributed by atoms with Crippen molar-refractivity contribution in [2.24, 2.45) is 0 Å². The van der Waals surface area contributed by atoms with Gasteiger partial charge in [0.15, 0.2) is 0 Å². The molecule has 0 saturated carbocycles. The average molecular weight is 211 g/mol. The van der Waals surface area contributed by atoms with Gasteiger partial charge in [-0.25, -0.2) is 4.39 Å². The fourth-order valence-electron chi connectivity index (χ4n) is 1.40. The van der Waals surface area contributed by atoms with Crippen LogP contribution < -0.4 is 5.32 Å². The van der Waals surface area contributed by atoms with Crippen LogP contribution in [0.4, 0.5) is 4.39 Å². The Hall–Kier alpha value is -0.930. The first-order chi connectivity index (χ1) is 7.24. The maximum Gasteiger partial charge on any atom is 0.123 e. The molecule has 1 unspecified atom stereocenters. The fraction of sp³-hybridized carbons (Fsp3) is 0.500. The van der Waals surface area contributed by atoms with Crippen LogP contribution in [0.3, 0.4) is 0 Å². The molecule has 15 heavy (non-hydrogen) atoms. The van der Waals surface area contributed by atoms with Crippen LogP contribution in [0.1, 0.15) is 18.4 Å². The predicted molar refractivity (Wildman–Crippen MR) is 59.6 cm³/mol. The van der Waals surface area contributed by atoms with Crippen molar-refractivity contribution < 1.29 is 9.13 Å². The third kappa shape index (κ3) is 4.40. The van der Waals surface area contributed by atoms with Crippen molar-refractivity contribution >= 4 is 0 Å². The van der Waals surface area contributed by atoms with E-state index in [4.69, 9.17) is 4.74 Å². The first-order valence-electron chi connectivity index (χ1n) is 5.19. The van der Waals surface area contributed by atoms with E-state index in [0.717, 1.165) is 25.3 Å². The summed E-state index contributed by atoms with van der Waals surface area (Å²) >= 11 is 0. The van der Waals surface area contributed by atoms with Crippen molar-refractivity contribution in [1.29, 1.82) is 0 Å². The molecule has 0 bridgehead atoms. The number of halogens is 1. The second-order valence-electron chi connectivity index (χ2n) is 3.65. The maximum atomic E-state index is 12.7. The van der Waals surface area contributed by atoms with Crippen molar-refractivity contribution in [1.82, 2.24) is 5.32 Å². The molecule has 0 aliphatic rings. The van der Waals surface area contributed by atoms with Crippen molar-refractivity contribution in [2.75, 3.05) is 26.8 Å². The molecule has 0 fully saturated rings. The van der Waals surface area contributed by atoms with E-state index in [9.17, 15) is 4.39 Å². The number of benzene rings is 1. The van der Waals surface area contributed by atoms with Gasteiger partial charge in [0.05, 0.1) is 6.61 Å². The zero-order valence-corrected chi connectivity index (χ0v) is 9.29. The lowest BCUT2D eigenvalue weighted by Crippen LogP contribution is -2.23. The average Bonchev–Trinajstić information content (AvgIpc) is 2.25. The molecule has 0 radical (unpaired) electrons. The Kier molecular flexibility index (Phi) is 5.29. The lowest BCUT2D eigenvalue weighted by molar-refractivity contribution is 0.199. The van der Waals surface area contributed by atoms with Crippen LogP contribution in [0, 0.1) is 5.82 Å².